The summed E-state index contributed by atoms with van der Waals surface area (Å²) in [5, 5.41) is 2.95. The van der Waals surface area contributed by atoms with Crippen LogP contribution in [0.1, 0.15) is 31.7 Å². The number of likely N-dealkylation sites (tertiary alicyclic amines) is 1. The molecule has 1 amide bonds. The summed E-state index contributed by atoms with van der Waals surface area (Å²) in [7, 11) is 0. The number of alkyl carbamates (subject to hydrolysis) is 1. The van der Waals surface area contributed by atoms with Gasteiger partial charge in [-0.2, -0.15) is 0 Å². The van der Waals surface area contributed by atoms with Crippen molar-refractivity contribution >= 4 is 6.09 Å². The largest absolute Gasteiger partial charge is 0.450 e. The number of nitrogens with one attached hydrogen (secondary N) is 1. The molecule has 1 heterocycles. The van der Waals surface area contributed by atoms with Gasteiger partial charge in [0.25, 0.3) is 0 Å². The standard InChI is InChI=1S/C16H24N2O2/c1-2-3-11-20-16(19)17-15-9-10-18(13-15)12-14-7-5-4-6-8-14/h4-8,15H,2-3,9-13H2,1H3,(H,17,19). The molecule has 1 saturated heterocycles. The Morgan fingerprint density at radius 3 is 2.95 bits per heavy atom. The van der Waals surface area contributed by atoms with E-state index in [0.29, 0.717) is 6.61 Å². The summed E-state index contributed by atoms with van der Waals surface area (Å²) in [6.07, 6.45) is 2.69. The quantitative estimate of drug-likeness (QED) is 0.812. The topological polar surface area (TPSA) is 41.6 Å². The summed E-state index contributed by atoms with van der Waals surface area (Å²) in [5.74, 6) is 0. The lowest BCUT2D eigenvalue weighted by Crippen LogP contribution is -2.37. The van der Waals surface area contributed by atoms with E-state index < -0.39 is 0 Å². The molecule has 1 fully saturated rings. The molecule has 1 unspecified atom stereocenters. The number of hydrogen-bond donors (Lipinski definition) is 1. The summed E-state index contributed by atoms with van der Waals surface area (Å²) >= 11 is 0. The molecule has 1 atom stereocenters. The monoisotopic (exact) mass is 276 g/mol. The number of amides is 1. The first-order valence-corrected chi connectivity index (χ1v) is 7.47. The number of benzene rings is 1. The van der Waals surface area contributed by atoms with Crippen LogP contribution < -0.4 is 5.32 Å². The molecule has 1 N–H and O–H groups in total. The Balaban J connectivity index is 1.68. The Hall–Kier alpha value is -1.55. The third-order valence-corrected chi connectivity index (χ3v) is 3.57. The van der Waals surface area contributed by atoms with Crippen LogP contribution in [-0.2, 0) is 11.3 Å². The highest BCUT2D eigenvalue weighted by molar-refractivity contribution is 5.67. The summed E-state index contributed by atoms with van der Waals surface area (Å²) in [6.45, 7) is 5.47. The van der Waals surface area contributed by atoms with Crippen LogP contribution in [0.4, 0.5) is 4.79 Å². The molecule has 0 spiro atoms. The maximum absolute atomic E-state index is 11.6. The first-order chi connectivity index (χ1) is 9.78. The number of carbonyl (C=O) groups excluding carboxylic acids is 1. The molecule has 4 nitrogen and oxygen atoms in total. The van der Waals surface area contributed by atoms with Crippen molar-refractivity contribution < 1.29 is 9.53 Å². The average molecular weight is 276 g/mol. The number of rotatable bonds is 6. The molecule has 0 saturated carbocycles. The van der Waals surface area contributed by atoms with Crippen LogP contribution in [0.3, 0.4) is 0 Å². The molecule has 4 heteroatoms. The summed E-state index contributed by atoms with van der Waals surface area (Å²) in [4.78, 5) is 14.0. The van der Waals surface area contributed by atoms with Gasteiger partial charge in [-0.1, -0.05) is 43.7 Å². The Morgan fingerprint density at radius 2 is 2.20 bits per heavy atom. The summed E-state index contributed by atoms with van der Waals surface area (Å²) < 4.78 is 5.13. The minimum atomic E-state index is -0.273. The van der Waals surface area contributed by atoms with Crippen molar-refractivity contribution in [2.24, 2.45) is 0 Å². The average Bonchev–Trinajstić information content (AvgIpc) is 2.87. The predicted molar refractivity (Wildman–Crippen MR) is 79.5 cm³/mol. The lowest BCUT2D eigenvalue weighted by atomic mass is 10.2. The lowest BCUT2D eigenvalue weighted by molar-refractivity contribution is 0.140. The second kappa shape index (κ2) is 7.90. The first-order valence-electron chi connectivity index (χ1n) is 7.47. The Labute approximate surface area is 121 Å². The summed E-state index contributed by atoms with van der Waals surface area (Å²) in [5.41, 5.74) is 1.32. The number of ether oxygens (including phenoxy) is 1. The lowest BCUT2D eigenvalue weighted by Gasteiger charge is -2.16. The third-order valence-electron chi connectivity index (χ3n) is 3.57. The zero-order chi connectivity index (χ0) is 14.2. The van der Waals surface area contributed by atoms with Crippen LogP contribution in [0.2, 0.25) is 0 Å². The molecule has 1 aliphatic rings. The van der Waals surface area contributed by atoms with Gasteiger partial charge in [-0.05, 0) is 18.4 Å². The van der Waals surface area contributed by atoms with Gasteiger partial charge in [-0.3, -0.25) is 4.90 Å². The van der Waals surface area contributed by atoms with Crippen molar-refractivity contribution in [3.8, 4) is 0 Å². The number of unbranched alkanes of at least 4 members (excludes halogenated alkanes) is 1. The third kappa shape index (κ3) is 4.85. The smallest absolute Gasteiger partial charge is 0.407 e. The molecule has 0 aliphatic carbocycles. The zero-order valence-electron chi connectivity index (χ0n) is 12.2. The number of nitrogens with zero attached hydrogens (tertiary/aromatic N) is 1. The van der Waals surface area contributed by atoms with Gasteiger partial charge in [0.2, 0.25) is 0 Å². The van der Waals surface area contributed by atoms with Gasteiger partial charge < -0.3 is 10.1 Å². The van der Waals surface area contributed by atoms with E-state index in [4.69, 9.17) is 4.74 Å². The van der Waals surface area contributed by atoms with Crippen molar-refractivity contribution in [2.45, 2.75) is 38.8 Å². The Bertz CT molecular complexity index is 408. The Morgan fingerprint density at radius 1 is 1.40 bits per heavy atom. The van der Waals surface area contributed by atoms with E-state index >= 15 is 0 Å². The fourth-order valence-corrected chi connectivity index (χ4v) is 2.45. The van der Waals surface area contributed by atoms with Crippen LogP contribution in [0, 0.1) is 0 Å². The second-order valence-electron chi connectivity index (χ2n) is 5.34. The zero-order valence-corrected chi connectivity index (χ0v) is 12.2. The van der Waals surface area contributed by atoms with Crippen molar-refractivity contribution in [3.63, 3.8) is 0 Å². The molecule has 110 valence electrons. The maximum atomic E-state index is 11.6. The summed E-state index contributed by atoms with van der Waals surface area (Å²) in [6, 6.07) is 10.6. The molecule has 0 aromatic heterocycles. The maximum Gasteiger partial charge on any atom is 0.407 e. The van der Waals surface area contributed by atoms with Crippen molar-refractivity contribution in [1.29, 1.82) is 0 Å². The SMILES string of the molecule is CCCCOC(=O)NC1CCN(Cc2ccccc2)C1. The highest BCUT2D eigenvalue weighted by Crippen LogP contribution is 2.13. The van der Waals surface area contributed by atoms with Crippen molar-refractivity contribution in [1.82, 2.24) is 10.2 Å². The van der Waals surface area contributed by atoms with Crippen LogP contribution in [0.5, 0.6) is 0 Å². The molecule has 0 radical (unpaired) electrons. The highest BCUT2D eigenvalue weighted by Gasteiger charge is 2.24. The molecule has 20 heavy (non-hydrogen) atoms. The highest BCUT2D eigenvalue weighted by atomic mass is 16.5. The van der Waals surface area contributed by atoms with E-state index in [2.05, 4.69) is 41.4 Å². The van der Waals surface area contributed by atoms with Crippen molar-refractivity contribution in [3.05, 3.63) is 35.9 Å². The van der Waals surface area contributed by atoms with Gasteiger partial charge in [0.05, 0.1) is 6.61 Å². The van der Waals surface area contributed by atoms with Crippen molar-refractivity contribution in [2.75, 3.05) is 19.7 Å². The van der Waals surface area contributed by atoms with E-state index in [9.17, 15) is 4.79 Å². The first kappa shape index (κ1) is 14.9. The molecular formula is C16H24N2O2. The van der Waals surface area contributed by atoms with Gasteiger partial charge in [0, 0.05) is 25.7 Å². The van der Waals surface area contributed by atoms with E-state index in [1.165, 1.54) is 5.56 Å². The van der Waals surface area contributed by atoms with Gasteiger partial charge in [0.1, 0.15) is 0 Å². The molecule has 1 aromatic rings. The molecule has 2 rings (SSSR count). The molecule has 0 bridgehead atoms. The fourth-order valence-electron chi connectivity index (χ4n) is 2.45. The van der Waals surface area contributed by atoms with Gasteiger partial charge >= 0.3 is 6.09 Å². The fraction of sp³-hybridized carbons (Fsp3) is 0.562. The van der Waals surface area contributed by atoms with Crippen LogP contribution in [0.15, 0.2) is 30.3 Å². The van der Waals surface area contributed by atoms with Crippen LogP contribution in [0.25, 0.3) is 0 Å². The minimum Gasteiger partial charge on any atom is -0.450 e. The number of hydrogen-bond acceptors (Lipinski definition) is 3. The van der Waals surface area contributed by atoms with Gasteiger partial charge in [0.15, 0.2) is 0 Å². The van der Waals surface area contributed by atoms with Crippen LogP contribution in [-0.4, -0.2) is 36.7 Å². The minimum absolute atomic E-state index is 0.216. The van der Waals surface area contributed by atoms with E-state index in [-0.39, 0.29) is 12.1 Å². The van der Waals surface area contributed by atoms with E-state index in [1.807, 2.05) is 6.07 Å². The molecular weight excluding hydrogens is 252 g/mol. The number of carbonyl (C=O) groups is 1. The molecule has 1 aromatic carbocycles. The van der Waals surface area contributed by atoms with Gasteiger partial charge in [-0.15, -0.1) is 0 Å². The second-order valence-corrected chi connectivity index (χ2v) is 5.34. The Kier molecular flexibility index (Phi) is 5.87. The molecule has 1 aliphatic heterocycles. The van der Waals surface area contributed by atoms with E-state index in [0.717, 1.165) is 38.9 Å². The van der Waals surface area contributed by atoms with Gasteiger partial charge in [-0.25, -0.2) is 4.79 Å². The predicted octanol–water partition coefficient (Wildman–Crippen LogP) is 2.79. The van der Waals surface area contributed by atoms with E-state index in [1.54, 1.807) is 0 Å². The van der Waals surface area contributed by atoms with Crippen LogP contribution >= 0.6 is 0 Å². The normalized spacial score (nSPS) is 18.9.